The van der Waals surface area contributed by atoms with E-state index in [1.54, 1.807) is 0 Å². The van der Waals surface area contributed by atoms with Crippen molar-refractivity contribution in [2.75, 3.05) is 18.4 Å². The summed E-state index contributed by atoms with van der Waals surface area (Å²) in [6.07, 6.45) is -0.506. The highest BCUT2D eigenvalue weighted by Gasteiger charge is 2.26. The number of alkyl halides is 1. The van der Waals surface area contributed by atoms with Crippen molar-refractivity contribution in [2.24, 2.45) is 5.92 Å². The summed E-state index contributed by atoms with van der Waals surface area (Å²) >= 11 is 3.15. The molecule has 0 fully saturated rings. The van der Waals surface area contributed by atoms with Crippen molar-refractivity contribution in [3.8, 4) is 0 Å². The lowest BCUT2D eigenvalue weighted by Crippen LogP contribution is -2.51. The lowest BCUT2D eigenvalue weighted by molar-refractivity contribution is -0.143. The van der Waals surface area contributed by atoms with Crippen LogP contribution >= 0.6 is 15.9 Å². The van der Waals surface area contributed by atoms with Crippen molar-refractivity contribution in [3.63, 3.8) is 0 Å². The van der Waals surface area contributed by atoms with E-state index in [1.807, 2.05) is 51.1 Å². The highest BCUT2D eigenvalue weighted by molar-refractivity contribution is 9.09. The van der Waals surface area contributed by atoms with Crippen LogP contribution in [0.3, 0.4) is 0 Å². The zero-order valence-corrected chi connectivity index (χ0v) is 14.9. The molecule has 0 aromatic heterocycles. The molecular weight excluding hydrogens is 348 g/mol. The molecule has 1 rings (SSSR count). The van der Waals surface area contributed by atoms with Crippen molar-refractivity contribution in [1.29, 1.82) is 0 Å². The summed E-state index contributed by atoms with van der Waals surface area (Å²) in [5.41, 5.74) is 0.912. The molecule has 1 aromatic rings. The molecule has 0 N–H and O–H groups in total. The van der Waals surface area contributed by atoms with Gasteiger partial charge in [-0.2, -0.15) is 0 Å². The molecule has 0 aliphatic carbocycles. The largest absolute Gasteiger partial charge is 0.443 e. The van der Waals surface area contributed by atoms with E-state index in [4.69, 9.17) is 4.74 Å². The Labute approximate surface area is 140 Å². The van der Waals surface area contributed by atoms with Crippen LogP contribution in [-0.2, 0) is 16.1 Å². The topological polar surface area (TPSA) is 49.9 Å². The van der Waals surface area contributed by atoms with Gasteiger partial charge in [-0.05, 0) is 18.4 Å². The number of benzene rings is 1. The Hall–Kier alpha value is -1.56. The quantitative estimate of drug-likeness (QED) is 0.569. The average Bonchev–Trinajstić information content (AvgIpc) is 2.52. The summed E-state index contributed by atoms with van der Waals surface area (Å²) in [6, 6.07) is 9.47. The zero-order valence-electron chi connectivity index (χ0n) is 13.3. The van der Waals surface area contributed by atoms with Crippen LogP contribution in [0.5, 0.6) is 0 Å². The molecule has 0 heterocycles. The van der Waals surface area contributed by atoms with Gasteiger partial charge in [0.1, 0.15) is 6.61 Å². The number of amides is 2. The number of halogens is 1. The standard InChI is InChI=1S/C16H23BrN2O3/c1-4-18(15(20)10-17)19(11-13(2)3)16(21)22-12-14-8-6-5-7-9-14/h5-9,13H,4,10-12H2,1-3H3. The normalized spacial score (nSPS) is 10.4. The first-order valence-corrected chi connectivity index (χ1v) is 8.46. The molecule has 0 radical (unpaired) electrons. The summed E-state index contributed by atoms with van der Waals surface area (Å²) in [5, 5.41) is 2.97. The van der Waals surface area contributed by atoms with Gasteiger partial charge in [0.05, 0.1) is 5.33 Å². The van der Waals surface area contributed by atoms with Crippen LogP contribution in [0.15, 0.2) is 30.3 Å². The van der Waals surface area contributed by atoms with Crippen molar-refractivity contribution in [1.82, 2.24) is 10.0 Å². The summed E-state index contributed by atoms with van der Waals surface area (Å²) in [7, 11) is 0. The molecule has 5 nitrogen and oxygen atoms in total. The number of rotatable bonds is 6. The third-order valence-corrected chi connectivity index (χ3v) is 3.43. The molecule has 6 heteroatoms. The predicted molar refractivity (Wildman–Crippen MR) is 89.4 cm³/mol. The highest BCUT2D eigenvalue weighted by Crippen LogP contribution is 2.10. The zero-order chi connectivity index (χ0) is 16.5. The first kappa shape index (κ1) is 18.5. The fraction of sp³-hybridized carbons (Fsp3) is 0.500. The van der Waals surface area contributed by atoms with Gasteiger partial charge in [0, 0.05) is 13.1 Å². The van der Waals surface area contributed by atoms with Crippen LogP contribution < -0.4 is 0 Å². The molecule has 0 unspecified atom stereocenters. The second-order valence-corrected chi connectivity index (χ2v) is 5.82. The van der Waals surface area contributed by atoms with Crippen LogP contribution in [-0.4, -0.2) is 40.4 Å². The molecule has 122 valence electrons. The number of carbonyl (C=O) groups excluding carboxylic acids is 2. The van der Waals surface area contributed by atoms with E-state index >= 15 is 0 Å². The Morgan fingerprint density at radius 2 is 1.82 bits per heavy atom. The lowest BCUT2D eigenvalue weighted by Gasteiger charge is -2.34. The minimum atomic E-state index is -0.506. The fourth-order valence-electron chi connectivity index (χ4n) is 1.96. The monoisotopic (exact) mass is 370 g/mol. The van der Waals surface area contributed by atoms with E-state index in [1.165, 1.54) is 10.0 Å². The van der Waals surface area contributed by atoms with E-state index in [-0.39, 0.29) is 23.8 Å². The van der Waals surface area contributed by atoms with E-state index in [9.17, 15) is 9.59 Å². The van der Waals surface area contributed by atoms with Gasteiger partial charge in [-0.3, -0.25) is 4.79 Å². The van der Waals surface area contributed by atoms with E-state index < -0.39 is 6.09 Å². The first-order chi connectivity index (χ1) is 10.5. The average molecular weight is 371 g/mol. The molecule has 0 aliphatic rings. The van der Waals surface area contributed by atoms with Crippen LogP contribution in [0.25, 0.3) is 0 Å². The van der Waals surface area contributed by atoms with Crippen LogP contribution in [0, 0.1) is 5.92 Å². The number of nitrogens with zero attached hydrogens (tertiary/aromatic N) is 2. The van der Waals surface area contributed by atoms with Gasteiger partial charge in [-0.15, -0.1) is 0 Å². The molecule has 1 aromatic carbocycles. The Bertz CT molecular complexity index is 480. The fourth-order valence-corrected chi connectivity index (χ4v) is 2.25. The van der Waals surface area contributed by atoms with Gasteiger partial charge in [0.2, 0.25) is 0 Å². The number of ether oxygens (including phenoxy) is 1. The molecular formula is C16H23BrN2O3. The van der Waals surface area contributed by atoms with Gasteiger partial charge in [-0.1, -0.05) is 60.1 Å². The second-order valence-electron chi connectivity index (χ2n) is 5.26. The van der Waals surface area contributed by atoms with E-state index in [0.29, 0.717) is 13.1 Å². The number of carbonyl (C=O) groups is 2. The number of hydrogen-bond donors (Lipinski definition) is 0. The summed E-state index contributed by atoms with van der Waals surface area (Å²) < 4.78 is 5.35. The molecule has 0 saturated carbocycles. The van der Waals surface area contributed by atoms with Crippen molar-refractivity contribution >= 4 is 27.9 Å². The van der Waals surface area contributed by atoms with Gasteiger partial charge in [-0.25, -0.2) is 14.8 Å². The maximum absolute atomic E-state index is 12.4. The Morgan fingerprint density at radius 3 is 2.32 bits per heavy atom. The third kappa shape index (κ3) is 5.67. The molecule has 22 heavy (non-hydrogen) atoms. The minimum absolute atomic E-state index is 0.167. The van der Waals surface area contributed by atoms with Crippen molar-refractivity contribution in [2.45, 2.75) is 27.4 Å². The summed E-state index contributed by atoms with van der Waals surface area (Å²) in [5.74, 6) is 0.0567. The molecule has 0 atom stereocenters. The summed E-state index contributed by atoms with van der Waals surface area (Å²) in [4.78, 5) is 24.3. The maximum Gasteiger partial charge on any atom is 0.429 e. The highest BCUT2D eigenvalue weighted by atomic mass is 79.9. The summed E-state index contributed by atoms with van der Waals surface area (Å²) in [6.45, 7) is 6.85. The minimum Gasteiger partial charge on any atom is -0.443 e. The molecule has 0 spiro atoms. The Balaban J connectivity index is 2.77. The van der Waals surface area contributed by atoms with Gasteiger partial charge in [0.25, 0.3) is 5.91 Å². The van der Waals surface area contributed by atoms with Gasteiger partial charge >= 0.3 is 6.09 Å². The van der Waals surface area contributed by atoms with Crippen molar-refractivity contribution < 1.29 is 14.3 Å². The molecule has 0 bridgehead atoms. The first-order valence-electron chi connectivity index (χ1n) is 7.34. The van der Waals surface area contributed by atoms with Crippen LogP contribution in [0.2, 0.25) is 0 Å². The second kappa shape index (κ2) is 9.46. The van der Waals surface area contributed by atoms with Crippen LogP contribution in [0.4, 0.5) is 4.79 Å². The van der Waals surface area contributed by atoms with Gasteiger partial charge < -0.3 is 4.74 Å². The Kier molecular flexibility index (Phi) is 7.95. The van der Waals surface area contributed by atoms with Gasteiger partial charge in [0.15, 0.2) is 0 Å². The molecule has 2 amide bonds. The van der Waals surface area contributed by atoms with Crippen molar-refractivity contribution in [3.05, 3.63) is 35.9 Å². The maximum atomic E-state index is 12.4. The molecule has 0 aliphatic heterocycles. The Morgan fingerprint density at radius 1 is 1.18 bits per heavy atom. The SMILES string of the molecule is CCN(C(=O)CBr)N(CC(C)C)C(=O)OCc1ccccc1. The predicted octanol–water partition coefficient (Wildman–Crippen LogP) is 3.44. The number of hydrazine groups is 1. The van der Waals surface area contributed by atoms with Crippen LogP contribution in [0.1, 0.15) is 26.3 Å². The smallest absolute Gasteiger partial charge is 0.429 e. The molecule has 0 saturated heterocycles. The van der Waals surface area contributed by atoms with E-state index in [2.05, 4.69) is 15.9 Å². The lowest BCUT2D eigenvalue weighted by atomic mass is 10.2. The van der Waals surface area contributed by atoms with E-state index in [0.717, 1.165) is 5.56 Å². The number of hydrogen-bond acceptors (Lipinski definition) is 3. The third-order valence-electron chi connectivity index (χ3n) is 2.95.